The largest absolute Gasteiger partial charge is 0.480 e. The molecule has 6 heteroatoms. The van der Waals surface area contributed by atoms with Gasteiger partial charge in [0.05, 0.1) is 17.6 Å². The Hall–Kier alpha value is -0.620. The van der Waals surface area contributed by atoms with Gasteiger partial charge < -0.3 is 9.84 Å². The molecule has 0 saturated heterocycles. The van der Waals surface area contributed by atoms with E-state index in [2.05, 4.69) is 4.74 Å². The van der Waals surface area contributed by atoms with E-state index in [0.717, 1.165) is 0 Å². The first-order valence-electron chi connectivity index (χ1n) is 3.87. The van der Waals surface area contributed by atoms with Crippen molar-refractivity contribution in [2.75, 3.05) is 19.0 Å². The van der Waals surface area contributed by atoms with E-state index in [9.17, 15) is 13.2 Å². The van der Waals surface area contributed by atoms with Gasteiger partial charge in [0.1, 0.15) is 6.61 Å². The van der Waals surface area contributed by atoms with Crippen LogP contribution in [0.25, 0.3) is 0 Å². The van der Waals surface area contributed by atoms with Crippen molar-refractivity contribution in [3.8, 4) is 0 Å². The molecule has 0 atom stereocenters. The molecule has 0 aromatic rings. The number of ether oxygens (including phenoxy) is 1. The molecule has 0 heterocycles. The molecule has 0 amide bonds. The molecule has 0 aromatic carbocycles. The smallest absolute Gasteiger partial charge is 0.329 e. The third kappa shape index (κ3) is 5.59. The van der Waals surface area contributed by atoms with Crippen molar-refractivity contribution in [1.29, 1.82) is 0 Å². The molecular formula is C7H14O5S. The monoisotopic (exact) mass is 210 g/mol. The Bertz CT molecular complexity index is 254. The van der Waals surface area contributed by atoms with Gasteiger partial charge >= 0.3 is 5.97 Å². The number of carboxylic acid groups (broad SMARTS) is 1. The van der Waals surface area contributed by atoms with Crippen LogP contribution in [-0.4, -0.2) is 43.7 Å². The zero-order valence-corrected chi connectivity index (χ0v) is 8.50. The van der Waals surface area contributed by atoms with Crippen LogP contribution >= 0.6 is 0 Å². The topological polar surface area (TPSA) is 80.7 Å². The van der Waals surface area contributed by atoms with Crippen molar-refractivity contribution >= 4 is 15.8 Å². The molecule has 0 aromatic heterocycles. The highest BCUT2D eigenvalue weighted by Gasteiger charge is 2.15. The Morgan fingerprint density at radius 3 is 2.38 bits per heavy atom. The van der Waals surface area contributed by atoms with Gasteiger partial charge in [-0.15, -0.1) is 0 Å². The van der Waals surface area contributed by atoms with Crippen LogP contribution in [0.4, 0.5) is 0 Å². The molecule has 0 aliphatic carbocycles. The lowest BCUT2D eigenvalue weighted by atomic mass is 10.6. The summed E-state index contributed by atoms with van der Waals surface area (Å²) >= 11 is 0. The third-order valence-corrected chi connectivity index (χ3v) is 3.63. The summed E-state index contributed by atoms with van der Waals surface area (Å²) in [5.74, 6) is -1.22. The first-order valence-corrected chi connectivity index (χ1v) is 5.59. The van der Waals surface area contributed by atoms with E-state index >= 15 is 0 Å². The van der Waals surface area contributed by atoms with Gasteiger partial charge in [0.2, 0.25) is 0 Å². The molecule has 0 fully saturated rings. The lowest BCUT2D eigenvalue weighted by Crippen LogP contribution is -2.22. The summed E-state index contributed by atoms with van der Waals surface area (Å²) in [6.45, 7) is 2.64. The minimum Gasteiger partial charge on any atom is -0.480 e. The highest BCUT2D eigenvalue weighted by atomic mass is 32.2. The van der Waals surface area contributed by atoms with Gasteiger partial charge in [-0.2, -0.15) is 0 Å². The second-order valence-corrected chi connectivity index (χ2v) is 5.54. The van der Waals surface area contributed by atoms with Crippen molar-refractivity contribution < 1.29 is 23.1 Å². The number of carbonyl (C=O) groups is 1. The molecule has 0 unspecified atom stereocenters. The number of aliphatic carboxylic acids is 1. The standard InChI is InChI=1S/C7H14O5S/c1-6(2)13(10,11)4-3-12-5-7(8)9/h6H,3-5H2,1-2H3,(H,8,9). The average Bonchev–Trinajstić information content (AvgIpc) is 1.97. The van der Waals surface area contributed by atoms with Gasteiger partial charge in [0, 0.05) is 0 Å². The normalized spacial score (nSPS) is 11.9. The quantitative estimate of drug-likeness (QED) is 0.620. The summed E-state index contributed by atoms with van der Waals surface area (Å²) in [6, 6.07) is 0. The SMILES string of the molecule is CC(C)S(=O)(=O)CCOCC(=O)O. The van der Waals surface area contributed by atoms with E-state index in [0.29, 0.717) is 0 Å². The molecule has 13 heavy (non-hydrogen) atoms. The maximum Gasteiger partial charge on any atom is 0.329 e. The van der Waals surface area contributed by atoms with Gasteiger partial charge in [0.15, 0.2) is 9.84 Å². The van der Waals surface area contributed by atoms with Crippen LogP contribution in [-0.2, 0) is 19.4 Å². The van der Waals surface area contributed by atoms with Crippen molar-refractivity contribution in [1.82, 2.24) is 0 Å². The van der Waals surface area contributed by atoms with Crippen LogP contribution in [0.1, 0.15) is 13.8 Å². The van der Waals surface area contributed by atoms with E-state index in [4.69, 9.17) is 5.11 Å². The predicted octanol–water partition coefficient (Wildman–Crippen LogP) is -0.0892. The summed E-state index contributed by atoms with van der Waals surface area (Å²) < 4.78 is 26.9. The molecule has 1 N–H and O–H groups in total. The van der Waals surface area contributed by atoms with E-state index < -0.39 is 27.7 Å². The molecule has 0 radical (unpaired) electrons. The molecule has 0 spiro atoms. The maximum absolute atomic E-state index is 11.1. The Labute approximate surface area is 77.6 Å². The molecule has 0 rings (SSSR count). The van der Waals surface area contributed by atoms with Gasteiger partial charge in [-0.1, -0.05) is 0 Å². The number of sulfone groups is 1. The Balaban J connectivity index is 3.72. The average molecular weight is 210 g/mol. The molecule has 0 bridgehead atoms. The highest BCUT2D eigenvalue weighted by Crippen LogP contribution is 1.99. The van der Waals surface area contributed by atoms with Crippen LogP contribution in [0.5, 0.6) is 0 Å². The summed E-state index contributed by atoms with van der Waals surface area (Å²) in [6.07, 6.45) is 0. The van der Waals surface area contributed by atoms with E-state index in [1.54, 1.807) is 13.8 Å². The van der Waals surface area contributed by atoms with Gasteiger partial charge in [-0.05, 0) is 13.8 Å². The van der Waals surface area contributed by atoms with Gasteiger partial charge in [-0.25, -0.2) is 13.2 Å². The maximum atomic E-state index is 11.1. The Morgan fingerprint density at radius 2 is 2.00 bits per heavy atom. The Kier molecular flexibility index (Phi) is 4.94. The predicted molar refractivity (Wildman–Crippen MR) is 47.4 cm³/mol. The third-order valence-electron chi connectivity index (χ3n) is 1.46. The molecule has 0 saturated carbocycles. The molecule has 5 nitrogen and oxygen atoms in total. The van der Waals surface area contributed by atoms with Gasteiger partial charge in [-0.3, -0.25) is 0 Å². The highest BCUT2D eigenvalue weighted by molar-refractivity contribution is 7.91. The zero-order chi connectivity index (χ0) is 10.5. The summed E-state index contributed by atoms with van der Waals surface area (Å²) in [5, 5.41) is 7.73. The van der Waals surface area contributed by atoms with Crippen molar-refractivity contribution in [2.24, 2.45) is 0 Å². The summed E-state index contributed by atoms with van der Waals surface area (Å²) in [7, 11) is -3.11. The fourth-order valence-corrected chi connectivity index (χ4v) is 1.39. The molecule has 0 aliphatic rings. The van der Waals surface area contributed by atoms with Crippen molar-refractivity contribution in [3.05, 3.63) is 0 Å². The minimum atomic E-state index is -3.11. The fraction of sp³-hybridized carbons (Fsp3) is 0.857. The summed E-state index contributed by atoms with van der Waals surface area (Å²) in [4.78, 5) is 9.98. The van der Waals surface area contributed by atoms with E-state index in [1.165, 1.54) is 0 Å². The second-order valence-electron chi connectivity index (χ2n) is 2.86. The minimum absolute atomic E-state index is 0.0627. The number of hydrogen-bond donors (Lipinski definition) is 1. The molecule has 78 valence electrons. The van der Waals surface area contributed by atoms with E-state index in [-0.39, 0.29) is 12.4 Å². The van der Waals surface area contributed by atoms with Crippen LogP contribution in [0.2, 0.25) is 0 Å². The molecule has 0 aliphatic heterocycles. The van der Waals surface area contributed by atoms with Gasteiger partial charge in [0.25, 0.3) is 0 Å². The number of carboxylic acids is 1. The van der Waals surface area contributed by atoms with E-state index in [1.807, 2.05) is 0 Å². The molecular weight excluding hydrogens is 196 g/mol. The number of hydrogen-bond acceptors (Lipinski definition) is 4. The zero-order valence-electron chi connectivity index (χ0n) is 7.69. The first-order chi connectivity index (χ1) is 5.86. The van der Waals surface area contributed by atoms with Crippen molar-refractivity contribution in [2.45, 2.75) is 19.1 Å². The lowest BCUT2D eigenvalue weighted by Gasteiger charge is -2.06. The van der Waals surface area contributed by atoms with Crippen LogP contribution in [0, 0.1) is 0 Å². The first kappa shape index (κ1) is 12.4. The van der Waals surface area contributed by atoms with Crippen LogP contribution in [0.3, 0.4) is 0 Å². The van der Waals surface area contributed by atoms with Crippen molar-refractivity contribution in [3.63, 3.8) is 0 Å². The van der Waals surface area contributed by atoms with Crippen LogP contribution < -0.4 is 0 Å². The van der Waals surface area contributed by atoms with Crippen LogP contribution in [0.15, 0.2) is 0 Å². The fourth-order valence-electron chi connectivity index (χ4n) is 0.570. The Morgan fingerprint density at radius 1 is 1.46 bits per heavy atom. The second kappa shape index (κ2) is 5.18. The number of rotatable bonds is 6. The lowest BCUT2D eigenvalue weighted by molar-refractivity contribution is -0.142. The summed E-state index contributed by atoms with van der Waals surface area (Å²) in [5.41, 5.74) is 0.